The number of para-hydroxylation sites is 1. The molecule has 3 nitrogen and oxygen atoms in total. The Labute approximate surface area is 144 Å². The lowest BCUT2D eigenvalue weighted by molar-refractivity contribution is 0.0680. The van der Waals surface area contributed by atoms with Crippen LogP contribution in [0.5, 0.6) is 0 Å². The lowest BCUT2D eigenvalue weighted by Crippen LogP contribution is -2.43. The highest BCUT2D eigenvalue weighted by Crippen LogP contribution is 2.33. The monoisotopic (exact) mass is 322 g/mol. The van der Waals surface area contributed by atoms with Gasteiger partial charge in [0.2, 0.25) is 0 Å². The molecule has 0 bridgehead atoms. The number of carbonyl (C=O) groups is 1. The summed E-state index contributed by atoms with van der Waals surface area (Å²) in [6, 6.07) is 16.4. The summed E-state index contributed by atoms with van der Waals surface area (Å²) in [5, 5.41) is 3.56. The number of carbonyl (C=O) groups excluding carboxylic acids is 1. The Balaban J connectivity index is 1.95. The molecule has 1 aliphatic rings. The molecule has 2 aromatic rings. The second-order valence-electron chi connectivity index (χ2n) is 6.77. The Kier molecular flexibility index (Phi) is 4.89. The van der Waals surface area contributed by atoms with Gasteiger partial charge in [-0.05, 0) is 35.6 Å². The van der Waals surface area contributed by atoms with Crippen molar-refractivity contribution in [3.8, 4) is 0 Å². The first-order chi connectivity index (χ1) is 11.6. The molecular formula is C21H26N2O. The molecule has 3 rings (SSSR count). The van der Waals surface area contributed by atoms with Crippen molar-refractivity contribution >= 4 is 11.6 Å². The van der Waals surface area contributed by atoms with E-state index in [0.717, 1.165) is 36.2 Å². The van der Waals surface area contributed by atoms with Gasteiger partial charge >= 0.3 is 0 Å². The Morgan fingerprint density at radius 1 is 1.08 bits per heavy atom. The second-order valence-corrected chi connectivity index (χ2v) is 6.77. The first-order valence-electron chi connectivity index (χ1n) is 8.88. The fraction of sp³-hybridized carbons (Fsp3) is 0.381. The molecule has 0 aliphatic carbocycles. The smallest absolute Gasteiger partial charge is 0.257 e. The van der Waals surface area contributed by atoms with E-state index in [1.807, 2.05) is 29.2 Å². The highest BCUT2D eigenvalue weighted by atomic mass is 16.2. The standard InChI is InChI=1S/C21H26N2O/c1-4-5-14-23-20(17-12-10-16(11-13-17)15(2)3)22-19-9-7-6-8-18(19)21(23)24/h6-13,15,20,22H,4-5,14H2,1-3H3. The number of nitrogens with one attached hydrogen (secondary N) is 1. The maximum absolute atomic E-state index is 13.0. The predicted molar refractivity (Wildman–Crippen MR) is 99.3 cm³/mol. The van der Waals surface area contributed by atoms with E-state index in [9.17, 15) is 4.79 Å². The number of hydrogen-bond donors (Lipinski definition) is 1. The maximum Gasteiger partial charge on any atom is 0.257 e. The number of nitrogens with zero attached hydrogens (tertiary/aromatic N) is 1. The first kappa shape index (κ1) is 16.6. The van der Waals surface area contributed by atoms with Crippen molar-refractivity contribution in [2.75, 3.05) is 11.9 Å². The van der Waals surface area contributed by atoms with Gasteiger partial charge in [-0.3, -0.25) is 4.79 Å². The van der Waals surface area contributed by atoms with Crippen LogP contribution in [0.1, 0.15) is 67.2 Å². The Bertz CT molecular complexity index is 706. The molecule has 1 aliphatic heterocycles. The molecule has 0 saturated carbocycles. The fourth-order valence-electron chi connectivity index (χ4n) is 3.18. The van der Waals surface area contributed by atoms with Crippen LogP contribution in [0.4, 0.5) is 5.69 Å². The highest BCUT2D eigenvalue weighted by molar-refractivity contribution is 6.01. The van der Waals surface area contributed by atoms with Gasteiger partial charge in [-0.2, -0.15) is 0 Å². The molecule has 1 atom stereocenters. The van der Waals surface area contributed by atoms with Gasteiger partial charge in [0.05, 0.1) is 5.56 Å². The van der Waals surface area contributed by atoms with Gasteiger partial charge in [0.1, 0.15) is 6.17 Å². The summed E-state index contributed by atoms with van der Waals surface area (Å²) in [5.41, 5.74) is 4.15. The molecule has 0 radical (unpaired) electrons. The van der Waals surface area contributed by atoms with Gasteiger partial charge < -0.3 is 10.2 Å². The lowest BCUT2D eigenvalue weighted by atomic mass is 9.98. The zero-order chi connectivity index (χ0) is 17.1. The van der Waals surface area contributed by atoms with E-state index in [2.05, 4.69) is 50.4 Å². The molecule has 0 aromatic heterocycles. The molecule has 2 aromatic carbocycles. The molecule has 0 fully saturated rings. The van der Waals surface area contributed by atoms with E-state index in [1.165, 1.54) is 5.56 Å². The van der Waals surface area contributed by atoms with E-state index in [0.29, 0.717) is 5.92 Å². The molecule has 1 N–H and O–H groups in total. The van der Waals surface area contributed by atoms with E-state index in [-0.39, 0.29) is 12.1 Å². The molecule has 126 valence electrons. The van der Waals surface area contributed by atoms with E-state index < -0.39 is 0 Å². The molecule has 0 saturated heterocycles. The Morgan fingerprint density at radius 3 is 2.46 bits per heavy atom. The summed E-state index contributed by atoms with van der Waals surface area (Å²) in [6.45, 7) is 7.32. The molecule has 0 spiro atoms. The van der Waals surface area contributed by atoms with Crippen LogP contribution in [0.15, 0.2) is 48.5 Å². The summed E-state index contributed by atoms with van der Waals surface area (Å²) < 4.78 is 0. The normalized spacial score (nSPS) is 16.9. The average molecular weight is 322 g/mol. The minimum absolute atomic E-state index is 0.0971. The molecule has 3 heteroatoms. The number of amides is 1. The van der Waals surface area contributed by atoms with Crippen LogP contribution in [0.3, 0.4) is 0 Å². The van der Waals surface area contributed by atoms with Crippen LogP contribution >= 0.6 is 0 Å². The Hall–Kier alpha value is -2.29. The number of unbranched alkanes of at least 4 members (excludes halogenated alkanes) is 1. The van der Waals surface area contributed by atoms with Gasteiger partial charge in [0, 0.05) is 12.2 Å². The summed E-state index contributed by atoms with van der Waals surface area (Å²) in [4.78, 5) is 14.9. The van der Waals surface area contributed by atoms with E-state index in [4.69, 9.17) is 0 Å². The molecule has 1 heterocycles. The first-order valence-corrected chi connectivity index (χ1v) is 8.88. The van der Waals surface area contributed by atoms with Gasteiger partial charge in [-0.25, -0.2) is 0 Å². The van der Waals surface area contributed by atoms with Crippen LogP contribution in [0.2, 0.25) is 0 Å². The SMILES string of the molecule is CCCCN1C(=O)c2ccccc2NC1c1ccc(C(C)C)cc1. The molecule has 1 unspecified atom stereocenters. The summed E-state index contributed by atoms with van der Waals surface area (Å²) in [7, 11) is 0. The number of anilines is 1. The molecular weight excluding hydrogens is 296 g/mol. The topological polar surface area (TPSA) is 32.3 Å². The summed E-state index contributed by atoms with van der Waals surface area (Å²) in [6.07, 6.45) is 1.99. The number of benzene rings is 2. The summed E-state index contributed by atoms with van der Waals surface area (Å²) in [5.74, 6) is 0.632. The largest absolute Gasteiger partial charge is 0.361 e. The van der Waals surface area contributed by atoms with Gasteiger partial charge in [-0.15, -0.1) is 0 Å². The zero-order valence-corrected chi connectivity index (χ0v) is 14.8. The van der Waals surface area contributed by atoms with E-state index >= 15 is 0 Å². The van der Waals surface area contributed by atoms with E-state index in [1.54, 1.807) is 0 Å². The highest BCUT2D eigenvalue weighted by Gasteiger charge is 2.32. The van der Waals surface area contributed by atoms with Crippen LogP contribution in [0, 0.1) is 0 Å². The van der Waals surface area contributed by atoms with Gasteiger partial charge in [-0.1, -0.05) is 63.6 Å². The van der Waals surface area contributed by atoms with Gasteiger partial charge in [0.15, 0.2) is 0 Å². The van der Waals surface area contributed by atoms with Gasteiger partial charge in [0.25, 0.3) is 5.91 Å². The van der Waals surface area contributed by atoms with Crippen LogP contribution in [-0.2, 0) is 0 Å². The molecule has 24 heavy (non-hydrogen) atoms. The third-order valence-corrected chi connectivity index (χ3v) is 4.69. The number of rotatable bonds is 5. The number of fused-ring (bicyclic) bond motifs is 1. The summed E-state index contributed by atoms with van der Waals surface area (Å²) >= 11 is 0. The van der Waals surface area contributed by atoms with Crippen molar-refractivity contribution in [1.29, 1.82) is 0 Å². The zero-order valence-electron chi connectivity index (χ0n) is 14.8. The minimum atomic E-state index is -0.0971. The van der Waals surface area contributed by atoms with Crippen molar-refractivity contribution in [1.82, 2.24) is 4.90 Å². The Morgan fingerprint density at radius 2 is 1.79 bits per heavy atom. The average Bonchev–Trinajstić information content (AvgIpc) is 2.61. The van der Waals surface area contributed by atoms with Crippen molar-refractivity contribution in [3.05, 3.63) is 65.2 Å². The minimum Gasteiger partial charge on any atom is -0.361 e. The van der Waals surface area contributed by atoms with Crippen molar-refractivity contribution in [2.24, 2.45) is 0 Å². The third kappa shape index (κ3) is 3.16. The fourth-order valence-corrected chi connectivity index (χ4v) is 3.18. The maximum atomic E-state index is 13.0. The predicted octanol–water partition coefficient (Wildman–Crippen LogP) is 5.18. The lowest BCUT2D eigenvalue weighted by Gasteiger charge is -2.38. The van der Waals surface area contributed by atoms with Crippen LogP contribution in [0.25, 0.3) is 0 Å². The molecule has 1 amide bonds. The van der Waals surface area contributed by atoms with Crippen molar-refractivity contribution in [2.45, 2.75) is 45.7 Å². The van der Waals surface area contributed by atoms with Crippen molar-refractivity contribution < 1.29 is 4.79 Å². The van der Waals surface area contributed by atoms with Crippen LogP contribution < -0.4 is 5.32 Å². The third-order valence-electron chi connectivity index (χ3n) is 4.69. The van der Waals surface area contributed by atoms with Crippen molar-refractivity contribution in [3.63, 3.8) is 0 Å². The number of hydrogen-bond acceptors (Lipinski definition) is 2. The van der Waals surface area contributed by atoms with Crippen LogP contribution in [-0.4, -0.2) is 17.4 Å². The second kappa shape index (κ2) is 7.08. The quantitative estimate of drug-likeness (QED) is 0.823.